The van der Waals surface area contributed by atoms with Crippen molar-refractivity contribution in [3.8, 4) is 0 Å². The first-order chi connectivity index (χ1) is 13.8. The molecule has 1 saturated heterocycles. The van der Waals surface area contributed by atoms with Crippen LogP contribution in [0.5, 0.6) is 0 Å². The summed E-state index contributed by atoms with van der Waals surface area (Å²) in [4.78, 5) is 51.5. The van der Waals surface area contributed by atoms with Crippen molar-refractivity contribution in [2.75, 3.05) is 37.5 Å². The van der Waals surface area contributed by atoms with E-state index in [1.165, 1.54) is 0 Å². The molecule has 1 saturated carbocycles. The van der Waals surface area contributed by atoms with Gasteiger partial charge in [0.1, 0.15) is 5.54 Å². The van der Waals surface area contributed by atoms with Crippen LogP contribution in [0.3, 0.4) is 0 Å². The van der Waals surface area contributed by atoms with Gasteiger partial charge in [-0.2, -0.15) is 0 Å². The van der Waals surface area contributed by atoms with Crippen molar-refractivity contribution in [1.29, 1.82) is 0 Å². The molecule has 0 atom stereocenters. The molecular weight excluding hydrogens is 376 g/mol. The zero-order chi connectivity index (χ0) is 21.0. The molecule has 2 aliphatic rings. The lowest BCUT2D eigenvalue weighted by Crippen LogP contribution is -2.44. The second-order valence-corrected chi connectivity index (χ2v) is 7.58. The molecule has 156 valence electrons. The molecule has 1 spiro atoms. The molecule has 1 aliphatic carbocycles. The van der Waals surface area contributed by atoms with Gasteiger partial charge in [-0.15, -0.1) is 0 Å². The first kappa shape index (κ1) is 20.6. The van der Waals surface area contributed by atoms with E-state index in [1.54, 1.807) is 12.1 Å². The molecule has 1 aromatic carbocycles. The summed E-state index contributed by atoms with van der Waals surface area (Å²) < 4.78 is 4.96. The summed E-state index contributed by atoms with van der Waals surface area (Å²) >= 11 is 0. The van der Waals surface area contributed by atoms with Crippen LogP contribution < -0.4 is 15.5 Å². The molecule has 0 bridgehead atoms. The van der Waals surface area contributed by atoms with Crippen LogP contribution in [0.15, 0.2) is 24.3 Å². The molecule has 0 unspecified atom stereocenters. The molecule has 1 aromatic rings. The fourth-order valence-electron chi connectivity index (χ4n) is 3.66. The maximum absolute atomic E-state index is 12.5. The number of imide groups is 1. The Hall–Kier alpha value is -3.10. The van der Waals surface area contributed by atoms with Crippen LogP contribution in [0.4, 0.5) is 16.2 Å². The van der Waals surface area contributed by atoms with Crippen molar-refractivity contribution in [3.63, 3.8) is 0 Å². The van der Waals surface area contributed by atoms with Crippen LogP contribution in [0.1, 0.15) is 32.1 Å². The Bertz CT molecular complexity index is 800. The smallest absolute Gasteiger partial charge is 0.325 e. The molecule has 9 heteroatoms. The summed E-state index contributed by atoms with van der Waals surface area (Å²) in [6.45, 7) is -0.489. The third-order valence-electron chi connectivity index (χ3n) is 5.27. The minimum Gasteiger partial charge on any atom is -0.456 e. The lowest BCUT2D eigenvalue weighted by molar-refractivity contribution is -0.147. The van der Waals surface area contributed by atoms with Crippen LogP contribution in [-0.2, 0) is 19.1 Å². The lowest BCUT2D eigenvalue weighted by Gasteiger charge is -2.19. The number of rotatable bonds is 7. The fraction of sp³-hybridized carbons (Fsp3) is 0.500. The van der Waals surface area contributed by atoms with Crippen molar-refractivity contribution in [3.05, 3.63) is 24.3 Å². The first-order valence-corrected chi connectivity index (χ1v) is 9.68. The summed E-state index contributed by atoms with van der Waals surface area (Å²) in [5.41, 5.74) is 0.801. The zero-order valence-electron chi connectivity index (χ0n) is 16.7. The summed E-state index contributed by atoms with van der Waals surface area (Å²) in [7, 11) is 3.83. The number of anilines is 2. The monoisotopic (exact) mass is 402 g/mol. The molecule has 1 aliphatic heterocycles. The Kier molecular flexibility index (Phi) is 6.05. The quantitative estimate of drug-likeness (QED) is 0.528. The van der Waals surface area contributed by atoms with Gasteiger partial charge in [-0.25, -0.2) is 4.79 Å². The van der Waals surface area contributed by atoms with E-state index in [2.05, 4.69) is 10.6 Å². The Morgan fingerprint density at radius 2 is 1.83 bits per heavy atom. The van der Waals surface area contributed by atoms with Gasteiger partial charge >= 0.3 is 12.0 Å². The standard InChI is InChI=1S/C20H26N4O5/c1-23(2)15-7-5-14(6-8-15)21-16(25)13-29-17(26)9-12-24-18(27)20(22-19(24)28)10-3-4-11-20/h5-8H,3-4,9-13H2,1-2H3,(H,21,25)(H,22,28). The maximum Gasteiger partial charge on any atom is 0.325 e. The van der Waals surface area contributed by atoms with Crippen LogP contribution >= 0.6 is 0 Å². The van der Waals surface area contributed by atoms with E-state index in [0.717, 1.165) is 23.4 Å². The predicted molar refractivity (Wildman–Crippen MR) is 106 cm³/mol. The SMILES string of the molecule is CN(C)c1ccc(NC(=O)COC(=O)CCN2C(=O)NC3(CCCC3)C2=O)cc1. The summed E-state index contributed by atoms with van der Waals surface area (Å²) in [5.74, 6) is -1.38. The molecule has 2 fully saturated rings. The number of urea groups is 1. The first-order valence-electron chi connectivity index (χ1n) is 9.68. The molecule has 1 heterocycles. The Balaban J connectivity index is 1.41. The highest BCUT2D eigenvalue weighted by Crippen LogP contribution is 2.35. The number of nitrogens with zero attached hydrogens (tertiary/aromatic N) is 2. The molecular formula is C20H26N4O5. The van der Waals surface area contributed by atoms with E-state index < -0.39 is 30.1 Å². The van der Waals surface area contributed by atoms with Crippen molar-refractivity contribution in [2.24, 2.45) is 0 Å². The molecule has 3 rings (SSSR count). The van der Waals surface area contributed by atoms with E-state index in [4.69, 9.17) is 4.74 Å². The van der Waals surface area contributed by atoms with Gasteiger partial charge in [0.15, 0.2) is 6.61 Å². The summed E-state index contributed by atoms with van der Waals surface area (Å²) in [6.07, 6.45) is 2.91. The van der Waals surface area contributed by atoms with E-state index >= 15 is 0 Å². The second-order valence-electron chi connectivity index (χ2n) is 7.58. The molecule has 0 radical (unpaired) electrons. The van der Waals surface area contributed by atoms with Gasteiger partial charge in [-0.1, -0.05) is 12.8 Å². The predicted octanol–water partition coefficient (Wildman–Crippen LogP) is 1.49. The van der Waals surface area contributed by atoms with Gasteiger partial charge in [-0.3, -0.25) is 19.3 Å². The minimum atomic E-state index is -0.789. The zero-order valence-corrected chi connectivity index (χ0v) is 16.7. The average Bonchev–Trinajstić information content (AvgIpc) is 3.24. The van der Waals surface area contributed by atoms with Crippen LogP contribution in [-0.4, -0.2) is 61.5 Å². The average molecular weight is 402 g/mol. The summed E-state index contributed by atoms with van der Waals surface area (Å²) in [5, 5.41) is 5.40. The van der Waals surface area contributed by atoms with Crippen molar-refractivity contribution in [1.82, 2.24) is 10.2 Å². The third kappa shape index (κ3) is 4.67. The van der Waals surface area contributed by atoms with Gasteiger partial charge in [0, 0.05) is 32.0 Å². The fourth-order valence-corrected chi connectivity index (χ4v) is 3.66. The van der Waals surface area contributed by atoms with E-state index in [-0.39, 0.29) is 18.9 Å². The Labute approximate surface area is 169 Å². The van der Waals surface area contributed by atoms with Gasteiger partial charge in [0.05, 0.1) is 6.42 Å². The number of hydrogen-bond donors (Lipinski definition) is 2. The van der Waals surface area contributed by atoms with Gasteiger partial charge in [0.2, 0.25) is 0 Å². The number of esters is 1. The number of amides is 4. The van der Waals surface area contributed by atoms with Crippen LogP contribution in [0.25, 0.3) is 0 Å². The highest BCUT2D eigenvalue weighted by molar-refractivity contribution is 6.07. The number of carbonyl (C=O) groups is 4. The van der Waals surface area contributed by atoms with Crippen molar-refractivity contribution in [2.45, 2.75) is 37.6 Å². The maximum atomic E-state index is 12.5. The number of hydrogen-bond acceptors (Lipinski definition) is 6. The lowest BCUT2D eigenvalue weighted by atomic mass is 9.98. The third-order valence-corrected chi connectivity index (χ3v) is 5.27. The topological polar surface area (TPSA) is 108 Å². The molecule has 0 aromatic heterocycles. The van der Waals surface area contributed by atoms with Gasteiger partial charge < -0.3 is 20.3 Å². The van der Waals surface area contributed by atoms with E-state index in [1.807, 2.05) is 31.1 Å². The molecule has 2 N–H and O–H groups in total. The van der Waals surface area contributed by atoms with Crippen LogP contribution in [0, 0.1) is 0 Å². The normalized spacial score (nSPS) is 17.4. The summed E-state index contributed by atoms with van der Waals surface area (Å²) in [6, 6.07) is 6.76. The largest absolute Gasteiger partial charge is 0.456 e. The molecule has 29 heavy (non-hydrogen) atoms. The second kappa shape index (κ2) is 8.50. The van der Waals surface area contributed by atoms with Crippen molar-refractivity contribution >= 4 is 35.2 Å². The van der Waals surface area contributed by atoms with Gasteiger partial charge in [-0.05, 0) is 37.1 Å². The van der Waals surface area contributed by atoms with Gasteiger partial charge in [0.25, 0.3) is 11.8 Å². The highest BCUT2D eigenvalue weighted by Gasteiger charge is 2.52. The Morgan fingerprint density at radius 3 is 2.45 bits per heavy atom. The molecule has 4 amide bonds. The van der Waals surface area contributed by atoms with E-state index in [9.17, 15) is 19.2 Å². The minimum absolute atomic E-state index is 0.0567. The van der Waals surface area contributed by atoms with Crippen LogP contribution in [0.2, 0.25) is 0 Å². The Morgan fingerprint density at radius 1 is 1.17 bits per heavy atom. The molecule has 9 nitrogen and oxygen atoms in total. The number of ether oxygens (including phenoxy) is 1. The number of nitrogens with one attached hydrogen (secondary N) is 2. The highest BCUT2D eigenvalue weighted by atomic mass is 16.5. The van der Waals surface area contributed by atoms with E-state index in [0.29, 0.717) is 18.5 Å². The van der Waals surface area contributed by atoms with Crippen molar-refractivity contribution < 1.29 is 23.9 Å². The number of carbonyl (C=O) groups excluding carboxylic acids is 4. The number of benzene rings is 1.